The lowest BCUT2D eigenvalue weighted by atomic mass is 10.2. The van der Waals surface area contributed by atoms with E-state index in [1.165, 1.54) is 0 Å². The molecule has 0 aliphatic carbocycles. The minimum atomic E-state index is 0.571. The number of aromatic nitrogens is 2. The van der Waals surface area contributed by atoms with Crippen molar-refractivity contribution in [3.63, 3.8) is 0 Å². The summed E-state index contributed by atoms with van der Waals surface area (Å²) < 4.78 is 7.47. The van der Waals surface area contributed by atoms with Gasteiger partial charge in [0, 0.05) is 30.3 Å². The van der Waals surface area contributed by atoms with Crippen LogP contribution >= 0.6 is 11.6 Å². The number of nitrogens with zero attached hydrogens (tertiary/aromatic N) is 2. The van der Waals surface area contributed by atoms with Gasteiger partial charge in [0.1, 0.15) is 12.4 Å². The van der Waals surface area contributed by atoms with Crippen molar-refractivity contribution in [2.24, 2.45) is 0 Å². The second-order valence-electron chi connectivity index (χ2n) is 3.88. The molecule has 4 heteroatoms. The normalized spacial score (nSPS) is 9.74. The Balaban J connectivity index is 1.80. The van der Waals surface area contributed by atoms with Crippen LogP contribution in [0.5, 0.6) is 5.75 Å². The lowest BCUT2D eigenvalue weighted by Crippen LogP contribution is -2.08. The van der Waals surface area contributed by atoms with Gasteiger partial charge in [0.25, 0.3) is 0 Å². The predicted molar refractivity (Wildman–Crippen MR) is 76.4 cm³/mol. The third-order valence-electron chi connectivity index (χ3n) is 2.45. The van der Waals surface area contributed by atoms with Gasteiger partial charge in [0.15, 0.2) is 0 Å². The maximum absolute atomic E-state index is 5.63. The standard InChI is InChI=1S/C15H15ClN2O/c16-9-2-1-4-14-5-7-15(8-6-14)19-13-12-18-11-3-10-17-18/h3,5-8,10-11H,2,9,12-13H2. The van der Waals surface area contributed by atoms with E-state index in [4.69, 9.17) is 16.3 Å². The molecule has 2 rings (SSSR count). The van der Waals surface area contributed by atoms with E-state index in [9.17, 15) is 0 Å². The van der Waals surface area contributed by atoms with Crippen LogP contribution in [0.2, 0.25) is 0 Å². The Morgan fingerprint density at radius 3 is 2.79 bits per heavy atom. The average Bonchev–Trinajstić information content (AvgIpc) is 2.94. The zero-order chi connectivity index (χ0) is 13.3. The van der Waals surface area contributed by atoms with E-state index in [1.54, 1.807) is 6.20 Å². The highest BCUT2D eigenvalue weighted by Gasteiger charge is 1.95. The fraction of sp³-hybridized carbons (Fsp3) is 0.267. The highest BCUT2D eigenvalue weighted by molar-refractivity contribution is 6.18. The van der Waals surface area contributed by atoms with Gasteiger partial charge in [-0.3, -0.25) is 4.68 Å². The monoisotopic (exact) mass is 274 g/mol. The lowest BCUT2D eigenvalue weighted by molar-refractivity contribution is 0.291. The van der Waals surface area contributed by atoms with E-state index in [0.717, 1.165) is 17.9 Å². The molecule has 0 N–H and O–H groups in total. The van der Waals surface area contributed by atoms with Gasteiger partial charge >= 0.3 is 0 Å². The van der Waals surface area contributed by atoms with Crippen molar-refractivity contribution < 1.29 is 4.74 Å². The van der Waals surface area contributed by atoms with E-state index >= 15 is 0 Å². The van der Waals surface area contributed by atoms with Crippen LogP contribution in [0.25, 0.3) is 0 Å². The van der Waals surface area contributed by atoms with Crippen molar-refractivity contribution >= 4 is 11.6 Å². The molecule has 0 atom stereocenters. The molecule has 0 radical (unpaired) electrons. The fourth-order valence-corrected chi connectivity index (χ4v) is 1.63. The largest absolute Gasteiger partial charge is 0.492 e. The lowest BCUT2D eigenvalue weighted by Gasteiger charge is -2.06. The Kier molecular flexibility index (Phi) is 5.33. The number of alkyl halides is 1. The average molecular weight is 275 g/mol. The van der Waals surface area contributed by atoms with Crippen molar-refractivity contribution in [1.82, 2.24) is 9.78 Å². The molecule has 0 saturated heterocycles. The maximum atomic E-state index is 5.63. The number of benzene rings is 1. The van der Waals surface area contributed by atoms with Crippen molar-refractivity contribution in [3.05, 3.63) is 48.3 Å². The van der Waals surface area contributed by atoms with E-state index in [1.807, 2.05) is 41.2 Å². The Labute approximate surface area is 118 Å². The van der Waals surface area contributed by atoms with Crippen LogP contribution < -0.4 is 4.74 Å². The van der Waals surface area contributed by atoms with E-state index in [0.29, 0.717) is 18.9 Å². The summed E-state index contributed by atoms with van der Waals surface area (Å²) in [7, 11) is 0. The zero-order valence-electron chi connectivity index (χ0n) is 10.6. The Morgan fingerprint density at radius 1 is 1.26 bits per heavy atom. The molecule has 3 nitrogen and oxygen atoms in total. The SMILES string of the molecule is ClCCC#Cc1ccc(OCCn2cccn2)cc1. The summed E-state index contributed by atoms with van der Waals surface area (Å²) in [5.74, 6) is 7.46. The van der Waals surface area contributed by atoms with Crippen LogP contribution in [-0.2, 0) is 6.54 Å². The molecule has 0 aliphatic rings. The molecular weight excluding hydrogens is 260 g/mol. The topological polar surface area (TPSA) is 27.1 Å². The first-order valence-electron chi connectivity index (χ1n) is 6.13. The van der Waals surface area contributed by atoms with Gasteiger partial charge in [0.2, 0.25) is 0 Å². The first-order chi connectivity index (χ1) is 9.38. The molecular formula is C15H15ClN2O. The molecule has 0 bridgehead atoms. The van der Waals surface area contributed by atoms with Crippen LogP contribution in [0.3, 0.4) is 0 Å². The van der Waals surface area contributed by atoms with Gasteiger partial charge in [-0.2, -0.15) is 5.10 Å². The summed E-state index contributed by atoms with van der Waals surface area (Å²) in [6.45, 7) is 1.34. The first kappa shape index (κ1) is 13.5. The number of hydrogen-bond acceptors (Lipinski definition) is 2. The minimum Gasteiger partial charge on any atom is -0.492 e. The molecule has 1 aromatic heterocycles. The van der Waals surface area contributed by atoms with Crippen molar-refractivity contribution in [2.45, 2.75) is 13.0 Å². The van der Waals surface area contributed by atoms with Gasteiger partial charge in [0.05, 0.1) is 6.54 Å². The third-order valence-corrected chi connectivity index (χ3v) is 2.64. The van der Waals surface area contributed by atoms with E-state index < -0.39 is 0 Å². The molecule has 98 valence electrons. The quantitative estimate of drug-likeness (QED) is 0.619. The van der Waals surface area contributed by atoms with Crippen LogP contribution in [0.1, 0.15) is 12.0 Å². The van der Waals surface area contributed by atoms with Gasteiger partial charge in [-0.25, -0.2) is 0 Å². The molecule has 1 aromatic carbocycles. The van der Waals surface area contributed by atoms with Gasteiger partial charge in [-0.05, 0) is 30.3 Å². The van der Waals surface area contributed by atoms with Crippen LogP contribution in [-0.4, -0.2) is 22.3 Å². The molecule has 0 saturated carbocycles. The Bertz CT molecular complexity index is 538. The third kappa shape index (κ3) is 4.69. The second kappa shape index (κ2) is 7.50. The second-order valence-corrected chi connectivity index (χ2v) is 4.26. The van der Waals surface area contributed by atoms with Crippen LogP contribution in [0.4, 0.5) is 0 Å². The number of hydrogen-bond donors (Lipinski definition) is 0. The molecule has 0 spiro atoms. The van der Waals surface area contributed by atoms with Gasteiger partial charge in [-0.15, -0.1) is 11.6 Å². The summed E-state index contributed by atoms with van der Waals surface area (Å²) in [5.41, 5.74) is 0.976. The summed E-state index contributed by atoms with van der Waals surface area (Å²) in [6.07, 6.45) is 4.39. The first-order valence-corrected chi connectivity index (χ1v) is 6.67. The molecule has 0 fully saturated rings. The van der Waals surface area contributed by atoms with E-state index in [-0.39, 0.29) is 0 Å². The Hall–Kier alpha value is -1.92. The molecule has 2 aromatic rings. The van der Waals surface area contributed by atoms with Crippen molar-refractivity contribution in [2.75, 3.05) is 12.5 Å². The number of rotatable bonds is 5. The summed E-state index contributed by atoms with van der Waals surface area (Å²) in [6, 6.07) is 9.64. The maximum Gasteiger partial charge on any atom is 0.119 e. The molecule has 0 unspecified atom stereocenters. The summed E-state index contributed by atoms with van der Waals surface area (Å²) in [4.78, 5) is 0. The summed E-state index contributed by atoms with van der Waals surface area (Å²) in [5, 5.41) is 4.11. The van der Waals surface area contributed by atoms with Crippen molar-refractivity contribution in [3.8, 4) is 17.6 Å². The molecule has 0 aliphatic heterocycles. The molecule has 0 amide bonds. The van der Waals surface area contributed by atoms with Crippen LogP contribution in [0.15, 0.2) is 42.7 Å². The highest BCUT2D eigenvalue weighted by Crippen LogP contribution is 2.11. The summed E-state index contributed by atoms with van der Waals surface area (Å²) >= 11 is 5.56. The van der Waals surface area contributed by atoms with E-state index in [2.05, 4.69) is 16.9 Å². The van der Waals surface area contributed by atoms with Gasteiger partial charge < -0.3 is 4.74 Å². The number of ether oxygens (including phenoxy) is 1. The molecule has 19 heavy (non-hydrogen) atoms. The smallest absolute Gasteiger partial charge is 0.119 e. The molecule has 1 heterocycles. The number of halogens is 1. The zero-order valence-corrected chi connectivity index (χ0v) is 11.3. The fourth-order valence-electron chi connectivity index (χ4n) is 1.54. The van der Waals surface area contributed by atoms with Gasteiger partial charge in [-0.1, -0.05) is 11.8 Å². The minimum absolute atomic E-state index is 0.571. The predicted octanol–water partition coefficient (Wildman–Crippen LogP) is 2.94. The van der Waals surface area contributed by atoms with Crippen LogP contribution in [0, 0.1) is 11.8 Å². The highest BCUT2D eigenvalue weighted by atomic mass is 35.5. The Morgan fingerprint density at radius 2 is 2.11 bits per heavy atom. The van der Waals surface area contributed by atoms with Crippen molar-refractivity contribution in [1.29, 1.82) is 0 Å².